The molecule has 8 nitrogen and oxygen atoms in total. The number of ether oxygens (including phenoxy) is 2. The summed E-state index contributed by atoms with van der Waals surface area (Å²) in [7, 11) is 0. The van der Waals surface area contributed by atoms with Crippen LogP contribution in [0, 0.1) is 6.92 Å². The molecule has 0 spiro atoms. The summed E-state index contributed by atoms with van der Waals surface area (Å²) in [5.74, 6) is -0.405. The first kappa shape index (κ1) is 30.2. The zero-order valence-electron chi connectivity index (χ0n) is 23.5. The number of nitrogens with zero attached hydrogens (tertiary/aromatic N) is 3. The van der Waals surface area contributed by atoms with E-state index >= 15 is 0 Å². The molecular weight excluding hydrogens is 575 g/mol. The summed E-state index contributed by atoms with van der Waals surface area (Å²) in [6.45, 7) is 12.8. The van der Waals surface area contributed by atoms with Crippen molar-refractivity contribution in [2.45, 2.75) is 71.9 Å². The van der Waals surface area contributed by atoms with Crippen molar-refractivity contribution in [2.75, 3.05) is 6.54 Å². The third-order valence-corrected chi connectivity index (χ3v) is 7.37. The maximum absolute atomic E-state index is 13.6. The predicted molar refractivity (Wildman–Crippen MR) is 158 cm³/mol. The molecule has 214 valence electrons. The molecule has 0 saturated carbocycles. The lowest BCUT2D eigenvalue weighted by molar-refractivity contribution is -0.0756. The van der Waals surface area contributed by atoms with Gasteiger partial charge >= 0.3 is 6.09 Å². The second-order valence-corrected chi connectivity index (χ2v) is 12.5. The van der Waals surface area contributed by atoms with Gasteiger partial charge < -0.3 is 14.8 Å². The van der Waals surface area contributed by atoms with Crippen LogP contribution in [0.2, 0.25) is 15.1 Å². The second-order valence-electron chi connectivity index (χ2n) is 11.2. The molecule has 3 aromatic rings. The highest BCUT2D eigenvalue weighted by Gasteiger charge is 2.49. The fraction of sp³-hybridized carbons (Fsp3) is 0.414. The monoisotopic (exact) mass is 606 g/mol. The molecule has 1 fully saturated rings. The molecule has 0 aliphatic carbocycles. The molecule has 1 aliphatic heterocycles. The molecule has 2 amide bonds. The first-order chi connectivity index (χ1) is 18.6. The number of hydrogen-bond donors (Lipinski definition) is 1. The van der Waals surface area contributed by atoms with Crippen molar-refractivity contribution in [3.05, 3.63) is 68.8 Å². The fourth-order valence-electron chi connectivity index (χ4n) is 4.89. The van der Waals surface area contributed by atoms with Crippen molar-refractivity contribution in [1.29, 1.82) is 0 Å². The molecule has 0 bridgehead atoms. The molecule has 40 heavy (non-hydrogen) atoms. The summed E-state index contributed by atoms with van der Waals surface area (Å²) in [4.78, 5) is 28.2. The number of carbonyl (C=O) groups is 2. The Kier molecular flexibility index (Phi) is 8.48. The van der Waals surface area contributed by atoms with E-state index in [0.29, 0.717) is 32.0 Å². The Morgan fingerprint density at radius 2 is 1.70 bits per heavy atom. The van der Waals surface area contributed by atoms with E-state index in [0.717, 1.165) is 5.56 Å². The van der Waals surface area contributed by atoms with Gasteiger partial charge in [0.25, 0.3) is 5.91 Å². The average molecular weight is 608 g/mol. The SMILES string of the molecule is Cc1c(C(=O)NCC2C(C)OC(C)(C)N2C(=O)OC(C)(C)C)nn(-c2ccc(Cl)cc2Cl)c1-c1ccc(Cl)cc1. The Hall–Kier alpha value is -2.78. The summed E-state index contributed by atoms with van der Waals surface area (Å²) in [6, 6.07) is 11.9. The Labute approximate surface area is 249 Å². The van der Waals surface area contributed by atoms with Gasteiger partial charge in [0.1, 0.15) is 11.3 Å². The third kappa shape index (κ3) is 6.25. The van der Waals surface area contributed by atoms with Crippen LogP contribution in [0.25, 0.3) is 16.9 Å². The van der Waals surface area contributed by atoms with Crippen LogP contribution in [0.3, 0.4) is 0 Å². The van der Waals surface area contributed by atoms with Crippen LogP contribution >= 0.6 is 34.8 Å². The number of carbonyl (C=O) groups excluding carboxylic acids is 2. The zero-order chi connectivity index (χ0) is 29.6. The van der Waals surface area contributed by atoms with Gasteiger partial charge in [0.05, 0.1) is 28.5 Å². The highest BCUT2D eigenvalue weighted by atomic mass is 35.5. The topological polar surface area (TPSA) is 85.7 Å². The van der Waals surface area contributed by atoms with E-state index in [1.54, 1.807) is 74.5 Å². The van der Waals surface area contributed by atoms with Crippen molar-refractivity contribution < 1.29 is 19.1 Å². The van der Waals surface area contributed by atoms with Gasteiger partial charge in [0, 0.05) is 27.7 Å². The van der Waals surface area contributed by atoms with E-state index in [1.165, 1.54) is 0 Å². The highest BCUT2D eigenvalue weighted by molar-refractivity contribution is 6.35. The van der Waals surface area contributed by atoms with Gasteiger partial charge in [-0.3, -0.25) is 9.69 Å². The fourth-order valence-corrected chi connectivity index (χ4v) is 5.50. The van der Waals surface area contributed by atoms with Crippen LogP contribution < -0.4 is 5.32 Å². The van der Waals surface area contributed by atoms with E-state index in [9.17, 15) is 9.59 Å². The van der Waals surface area contributed by atoms with E-state index in [2.05, 4.69) is 10.4 Å². The number of benzene rings is 2. The third-order valence-electron chi connectivity index (χ3n) is 6.58. The van der Waals surface area contributed by atoms with E-state index in [4.69, 9.17) is 44.3 Å². The predicted octanol–water partition coefficient (Wildman–Crippen LogP) is 7.30. The van der Waals surface area contributed by atoms with Crippen molar-refractivity contribution in [1.82, 2.24) is 20.0 Å². The van der Waals surface area contributed by atoms with E-state index < -0.39 is 29.4 Å². The lowest BCUT2D eigenvalue weighted by atomic mass is 10.1. The smallest absolute Gasteiger partial charge is 0.412 e. The van der Waals surface area contributed by atoms with Crippen molar-refractivity contribution in [2.24, 2.45) is 0 Å². The van der Waals surface area contributed by atoms with Crippen LogP contribution in [0.1, 0.15) is 57.6 Å². The molecule has 1 aliphatic rings. The summed E-state index contributed by atoms with van der Waals surface area (Å²) in [5, 5.41) is 9.07. The summed E-state index contributed by atoms with van der Waals surface area (Å²) >= 11 is 18.8. The summed E-state index contributed by atoms with van der Waals surface area (Å²) < 4.78 is 13.3. The number of amides is 2. The molecule has 11 heteroatoms. The number of hydrogen-bond acceptors (Lipinski definition) is 5. The van der Waals surface area contributed by atoms with Gasteiger partial charge in [-0.1, -0.05) is 46.9 Å². The van der Waals surface area contributed by atoms with Gasteiger partial charge in [0.15, 0.2) is 5.69 Å². The molecule has 1 saturated heterocycles. The molecule has 4 rings (SSSR count). The van der Waals surface area contributed by atoms with Crippen LogP contribution in [-0.4, -0.2) is 56.7 Å². The van der Waals surface area contributed by atoms with Gasteiger partial charge in [-0.25, -0.2) is 9.48 Å². The molecule has 2 atom stereocenters. The molecular formula is C29H33Cl3N4O4. The van der Waals surface area contributed by atoms with Gasteiger partial charge in [-0.15, -0.1) is 0 Å². The zero-order valence-corrected chi connectivity index (χ0v) is 25.8. The van der Waals surface area contributed by atoms with E-state index in [1.807, 2.05) is 26.0 Å². The second kappa shape index (κ2) is 11.2. The molecule has 1 N–H and O–H groups in total. The normalized spacial score (nSPS) is 18.6. The Balaban J connectivity index is 1.67. The first-order valence-electron chi connectivity index (χ1n) is 12.9. The number of halogens is 3. The number of rotatable bonds is 5. The summed E-state index contributed by atoms with van der Waals surface area (Å²) in [6.07, 6.45) is -0.858. The maximum Gasteiger partial charge on any atom is 0.412 e. The van der Waals surface area contributed by atoms with Gasteiger partial charge in [-0.2, -0.15) is 5.10 Å². The van der Waals surface area contributed by atoms with Crippen LogP contribution in [-0.2, 0) is 9.47 Å². The quantitative estimate of drug-likeness (QED) is 0.329. The Morgan fingerprint density at radius 1 is 1.07 bits per heavy atom. The average Bonchev–Trinajstić information content (AvgIpc) is 3.28. The number of aromatic nitrogens is 2. The Bertz CT molecular complexity index is 1430. The first-order valence-corrected chi connectivity index (χ1v) is 14.0. The standard InChI is InChI=1S/C29H33Cl3N4O4/c1-16-24(26(37)33-15-23-17(2)39-29(6,7)35(23)27(38)40-28(3,4)5)34-36(22-13-12-20(31)14-21(22)32)25(16)18-8-10-19(30)11-9-18/h8-14,17,23H,15H2,1-7H3,(H,33,37). The van der Waals surface area contributed by atoms with Gasteiger partial charge in [0.2, 0.25) is 0 Å². The maximum atomic E-state index is 13.6. The van der Waals surface area contributed by atoms with Crippen molar-refractivity contribution in [3.63, 3.8) is 0 Å². The largest absolute Gasteiger partial charge is 0.444 e. The molecule has 0 radical (unpaired) electrons. The minimum Gasteiger partial charge on any atom is -0.444 e. The van der Waals surface area contributed by atoms with Crippen molar-refractivity contribution >= 4 is 46.8 Å². The van der Waals surface area contributed by atoms with Crippen molar-refractivity contribution in [3.8, 4) is 16.9 Å². The minimum atomic E-state index is -0.915. The molecule has 2 unspecified atom stereocenters. The lowest BCUT2D eigenvalue weighted by Gasteiger charge is -2.35. The summed E-state index contributed by atoms with van der Waals surface area (Å²) in [5.41, 5.74) is 1.31. The lowest BCUT2D eigenvalue weighted by Crippen LogP contribution is -2.53. The van der Waals surface area contributed by atoms with E-state index in [-0.39, 0.29) is 18.3 Å². The van der Waals surface area contributed by atoms with Crippen LogP contribution in [0.4, 0.5) is 4.79 Å². The highest BCUT2D eigenvalue weighted by Crippen LogP contribution is 2.35. The molecule has 2 heterocycles. The van der Waals surface area contributed by atoms with Gasteiger partial charge in [-0.05, 0) is 78.8 Å². The molecule has 1 aromatic heterocycles. The van der Waals surface area contributed by atoms with Crippen LogP contribution in [0.15, 0.2) is 42.5 Å². The minimum absolute atomic E-state index is 0.132. The number of nitrogens with one attached hydrogen (secondary N) is 1. The Morgan fingerprint density at radius 3 is 2.30 bits per heavy atom. The van der Waals surface area contributed by atoms with Crippen LogP contribution in [0.5, 0.6) is 0 Å². The molecule has 2 aromatic carbocycles.